The molecule has 0 saturated carbocycles. The van der Waals surface area contributed by atoms with Crippen molar-refractivity contribution in [3.8, 4) is 0 Å². The summed E-state index contributed by atoms with van der Waals surface area (Å²) in [5.41, 5.74) is 0.889. The summed E-state index contributed by atoms with van der Waals surface area (Å²) in [4.78, 5) is 0. The smallest absolute Gasteiger partial charge is 0.150 e. The fourth-order valence-corrected chi connectivity index (χ4v) is 3.94. The van der Waals surface area contributed by atoms with E-state index in [0.29, 0.717) is 12.4 Å². The van der Waals surface area contributed by atoms with Crippen molar-refractivity contribution in [2.24, 2.45) is 5.41 Å². The minimum absolute atomic E-state index is 0.205. The highest BCUT2D eigenvalue weighted by molar-refractivity contribution is 7.91. The molecule has 0 amide bonds. The van der Waals surface area contributed by atoms with Gasteiger partial charge in [0.05, 0.1) is 24.4 Å². The standard InChI is InChI=1S/C11H20O3S/c1-10(2)7-14-8-11(3)5-4-6-15(12,13)9-11/h7H,4-6,8-9H2,1-3H3. The number of rotatable bonds is 3. The Hall–Kier alpha value is -0.510. The molecule has 0 bridgehead atoms. The molecule has 0 aromatic carbocycles. The average Bonchev–Trinajstić information content (AvgIpc) is 1.99. The third-order valence-electron chi connectivity index (χ3n) is 2.55. The van der Waals surface area contributed by atoms with Gasteiger partial charge in [-0.15, -0.1) is 0 Å². The highest BCUT2D eigenvalue weighted by atomic mass is 32.2. The van der Waals surface area contributed by atoms with Crippen LogP contribution in [0.2, 0.25) is 0 Å². The van der Waals surface area contributed by atoms with Gasteiger partial charge >= 0.3 is 0 Å². The Kier molecular flexibility index (Phi) is 3.82. The van der Waals surface area contributed by atoms with Crippen molar-refractivity contribution in [1.82, 2.24) is 0 Å². The summed E-state index contributed by atoms with van der Waals surface area (Å²) in [5, 5.41) is 0. The predicted molar refractivity (Wildman–Crippen MR) is 61.4 cm³/mol. The van der Waals surface area contributed by atoms with Gasteiger partial charge in [0, 0.05) is 5.41 Å². The highest BCUT2D eigenvalue weighted by Crippen LogP contribution is 2.31. The van der Waals surface area contributed by atoms with Gasteiger partial charge in [-0.05, 0) is 32.3 Å². The van der Waals surface area contributed by atoms with Crippen LogP contribution in [0.1, 0.15) is 33.6 Å². The van der Waals surface area contributed by atoms with Crippen LogP contribution in [0.3, 0.4) is 0 Å². The second kappa shape index (κ2) is 4.56. The second-order valence-corrected chi connectivity index (χ2v) is 7.20. The van der Waals surface area contributed by atoms with Crippen LogP contribution < -0.4 is 0 Å². The molecule has 15 heavy (non-hydrogen) atoms. The van der Waals surface area contributed by atoms with Gasteiger partial charge < -0.3 is 4.74 Å². The minimum atomic E-state index is -2.84. The molecule has 1 heterocycles. The Morgan fingerprint density at radius 3 is 2.67 bits per heavy atom. The molecular formula is C11H20O3S. The summed E-state index contributed by atoms with van der Waals surface area (Å²) in [6.45, 7) is 6.40. The largest absolute Gasteiger partial charge is 0.501 e. The first kappa shape index (κ1) is 12.6. The monoisotopic (exact) mass is 232 g/mol. The zero-order chi connectivity index (χ0) is 11.5. The number of hydrogen-bond acceptors (Lipinski definition) is 3. The molecule has 1 aliphatic rings. The normalized spacial score (nSPS) is 29.5. The van der Waals surface area contributed by atoms with E-state index in [2.05, 4.69) is 0 Å². The molecule has 0 radical (unpaired) electrons. The lowest BCUT2D eigenvalue weighted by molar-refractivity contribution is 0.126. The first-order valence-electron chi connectivity index (χ1n) is 5.28. The van der Waals surface area contributed by atoms with E-state index in [1.54, 1.807) is 6.26 Å². The van der Waals surface area contributed by atoms with E-state index in [0.717, 1.165) is 18.4 Å². The van der Waals surface area contributed by atoms with Gasteiger partial charge in [-0.1, -0.05) is 6.92 Å². The average molecular weight is 232 g/mol. The molecule has 1 saturated heterocycles. The SMILES string of the molecule is CC(C)=COCC1(C)CCCS(=O)(=O)C1. The lowest BCUT2D eigenvalue weighted by Crippen LogP contribution is -2.37. The zero-order valence-corrected chi connectivity index (χ0v) is 10.6. The molecule has 0 N–H and O–H groups in total. The van der Waals surface area contributed by atoms with Crippen molar-refractivity contribution in [3.63, 3.8) is 0 Å². The Labute approximate surface area is 92.4 Å². The third kappa shape index (κ3) is 4.24. The second-order valence-electron chi connectivity index (χ2n) is 5.01. The van der Waals surface area contributed by atoms with E-state index in [9.17, 15) is 8.42 Å². The molecule has 4 heteroatoms. The minimum Gasteiger partial charge on any atom is -0.501 e. The summed E-state index contributed by atoms with van der Waals surface area (Å²) in [5.74, 6) is 0.599. The van der Waals surface area contributed by atoms with Crippen LogP contribution in [0.15, 0.2) is 11.8 Å². The Morgan fingerprint density at radius 1 is 1.47 bits per heavy atom. The molecule has 1 unspecified atom stereocenters. The van der Waals surface area contributed by atoms with Crippen molar-refractivity contribution in [3.05, 3.63) is 11.8 Å². The Morgan fingerprint density at radius 2 is 2.13 bits per heavy atom. The Balaban J connectivity index is 2.55. The maximum atomic E-state index is 11.5. The number of hydrogen-bond donors (Lipinski definition) is 0. The van der Waals surface area contributed by atoms with Crippen molar-refractivity contribution < 1.29 is 13.2 Å². The third-order valence-corrected chi connectivity index (χ3v) is 4.60. The van der Waals surface area contributed by atoms with Crippen LogP contribution in [0.25, 0.3) is 0 Å². The molecule has 1 atom stereocenters. The van der Waals surface area contributed by atoms with Crippen LogP contribution in [0, 0.1) is 5.41 Å². The van der Waals surface area contributed by atoms with Crippen molar-refractivity contribution >= 4 is 9.84 Å². The Bertz CT molecular complexity index is 339. The molecule has 0 spiro atoms. The van der Waals surface area contributed by atoms with Crippen LogP contribution in [0.4, 0.5) is 0 Å². The molecule has 1 aliphatic heterocycles. The maximum absolute atomic E-state index is 11.5. The topological polar surface area (TPSA) is 43.4 Å². The van der Waals surface area contributed by atoms with Crippen LogP contribution in [-0.2, 0) is 14.6 Å². The van der Waals surface area contributed by atoms with E-state index in [1.165, 1.54) is 0 Å². The van der Waals surface area contributed by atoms with Gasteiger partial charge in [-0.2, -0.15) is 0 Å². The zero-order valence-electron chi connectivity index (χ0n) is 9.75. The highest BCUT2D eigenvalue weighted by Gasteiger charge is 2.35. The summed E-state index contributed by atoms with van der Waals surface area (Å²) < 4.78 is 28.4. The van der Waals surface area contributed by atoms with E-state index in [4.69, 9.17) is 4.74 Å². The first-order chi connectivity index (χ1) is 6.83. The van der Waals surface area contributed by atoms with Gasteiger partial charge in [0.2, 0.25) is 0 Å². The van der Waals surface area contributed by atoms with Gasteiger partial charge in [-0.25, -0.2) is 8.42 Å². The summed E-state index contributed by atoms with van der Waals surface area (Å²) >= 11 is 0. The van der Waals surface area contributed by atoms with Crippen LogP contribution >= 0.6 is 0 Å². The molecule has 1 fully saturated rings. The van der Waals surface area contributed by atoms with Gasteiger partial charge in [0.25, 0.3) is 0 Å². The quantitative estimate of drug-likeness (QED) is 0.700. The summed E-state index contributed by atoms with van der Waals surface area (Å²) in [6.07, 6.45) is 3.40. The van der Waals surface area contributed by atoms with Crippen molar-refractivity contribution in [1.29, 1.82) is 0 Å². The number of ether oxygens (including phenoxy) is 1. The molecule has 0 aromatic rings. The lowest BCUT2D eigenvalue weighted by atomic mass is 9.88. The maximum Gasteiger partial charge on any atom is 0.150 e. The molecule has 0 aliphatic carbocycles. The fourth-order valence-electron chi connectivity index (χ4n) is 1.92. The number of allylic oxidation sites excluding steroid dienone is 1. The van der Waals surface area contributed by atoms with Crippen molar-refractivity contribution in [2.45, 2.75) is 33.6 Å². The lowest BCUT2D eigenvalue weighted by Gasteiger charge is -2.32. The van der Waals surface area contributed by atoms with Crippen molar-refractivity contribution in [2.75, 3.05) is 18.1 Å². The fraction of sp³-hybridized carbons (Fsp3) is 0.818. The van der Waals surface area contributed by atoms with E-state index in [-0.39, 0.29) is 11.2 Å². The van der Waals surface area contributed by atoms with Crippen LogP contribution in [0.5, 0.6) is 0 Å². The predicted octanol–water partition coefficient (Wildman–Crippen LogP) is 2.14. The molecule has 0 aromatic heterocycles. The van der Waals surface area contributed by atoms with E-state index >= 15 is 0 Å². The summed E-state index contributed by atoms with van der Waals surface area (Å²) in [7, 11) is -2.84. The molecule has 88 valence electrons. The first-order valence-corrected chi connectivity index (χ1v) is 7.11. The molecule has 1 rings (SSSR count). The molecule has 3 nitrogen and oxygen atoms in total. The van der Waals surface area contributed by atoms with Gasteiger partial charge in [0.1, 0.15) is 0 Å². The summed E-state index contributed by atoms with van der Waals surface area (Å²) in [6, 6.07) is 0. The van der Waals surface area contributed by atoms with E-state index < -0.39 is 9.84 Å². The molecular weight excluding hydrogens is 212 g/mol. The van der Waals surface area contributed by atoms with E-state index in [1.807, 2.05) is 20.8 Å². The number of sulfone groups is 1. The van der Waals surface area contributed by atoms with Gasteiger partial charge in [-0.3, -0.25) is 0 Å². The van der Waals surface area contributed by atoms with Gasteiger partial charge in [0.15, 0.2) is 9.84 Å². The van der Waals surface area contributed by atoms with Crippen LogP contribution in [-0.4, -0.2) is 26.5 Å².